The van der Waals surface area contributed by atoms with Gasteiger partial charge in [-0.05, 0) is 45.1 Å². The fourth-order valence-corrected chi connectivity index (χ4v) is 3.96. The van der Waals surface area contributed by atoms with E-state index in [1.165, 1.54) is 0 Å². The van der Waals surface area contributed by atoms with Gasteiger partial charge in [-0.15, -0.1) is 0 Å². The lowest BCUT2D eigenvalue weighted by molar-refractivity contribution is 0.252. The summed E-state index contributed by atoms with van der Waals surface area (Å²) < 4.78 is 1.90. The van der Waals surface area contributed by atoms with E-state index in [0.29, 0.717) is 28.0 Å². The standard InChI is InChI=1S/C18H20Cl2N6/c1-25-7-5-11(6-8-25)17-23-15-16(21)22-10-26(18(15)24-17)9-12-13(19)3-2-4-14(12)20/h2-4,10-11,21H,5-9H2,1H3,(H,23,24). The predicted molar refractivity (Wildman–Crippen MR) is 103 cm³/mol. The Hall–Kier alpha value is -1.89. The number of likely N-dealkylation sites (tertiary alicyclic amines) is 1. The van der Waals surface area contributed by atoms with Gasteiger partial charge < -0.3 is 14.5 Å². The van der Waals surface area contributed by atoms with Crippen molar-refractivity contribution < 1.29 is 0 Å². The summed E-state index contributed by atoms with van der Waals surface area (Å²) in [5, 5.41) is 9.35. The molecule has 0 saturated carbocycles. The first kappa shape index (κ1) is 17.5. The molecule has 1 aromatic carbocycles. The van der Waals surface area contributed by atoms with Crippen LogP contribution in [0, 0.1) is 5.41 Å². The highest BCUT2D eigenvalue weighted by Gasteiger charge is 2.22. The van der Waals surface area contributed by atoms with E-state index >= 15 is 0 Å². The zero-order chi connectivity index (χ0) is 18.3. The van der Waals surface area contributed by atoms with Crippen molar-refractivity contribution in [1.82, 2.24) is 24.4 Å². The maximum absolute atomic E-state index is 8.13. The van der Waals surface area contributed by atoms with E-state index in [2.05, 4.69) is 21.9 Å². The second-order valence-electron chi connectivity index (χ2n) is 6.82. The number of nitrogens with zero attached hydrogens (tertiary/aromatic N) is 4. The van der Waals surface area contributed by atoms with E-state index in [0.717, 1.165) is 43.0 Å². The number of hydrogen-bond donors (Lipinski definition) is 2. The summed E-state index contributed by atoms with van der Waals surface area (Å²) in [6.45, 7) is 2.58. The zero-order valence-corrected chi connectivity index (χ0v) is 16.0. The molecule has 0 amide bonds. The number of aromatic nitrogens is 4. The van der Waals surface area contributed by atoms with E-state index in [1.807, 2.05) is 22.8 Å². The molecule has 6 nitrogen and oxygen atoms in total. The lowest BCUT2D eigenvalue weighted by Gasteiger charge is -2.27. The Bertz CT molecular complexity index is 980. The number of benzene rings is 1. The molecule has 0 bridgehead atoms. The normalized spacial score (nSPS) is 16.4. The molecule has 2 aromatic heterocycles. The molecule has 1 saturated heterocycles. The van der Waals surface area contributed by atoms with Crippen molar-refractivity contribution in [3.63, 3.8) is 0 Å². The molecule has 0 aliphatic carbocycles. The zero-order valence-electron chi connectivity index (χ0n) is 14.5. The molecule has 0 unspecified atom stereocenters. The third-order valence-corrected chi connectivity index (χ3v) is 5.74. The van der Waals surface area contributed by atoms with Gasteiger partial charge in [0.05, 0.1) is 12.9 Å². The second kappa shape index (κ2) is 7.02. The van der Waals surface area contributed by atoms with Crippen molar-refractivity contribution in [2.75, 3.05) is 20.1 Å². The van der Waals surface area contributed by atoms with Crippen LogP contribution in [0.2, 0.25) is 10.0 Å². The fourth-order valence-electron chi connectivity index (χ4n) is 3.45. The SMILES string of the molecule is CN1CCC(c2nc3c([nH]2)c(=N)ncn3Cc2c(Cl)cccc2Cl)CC1. The quantitative estimate of drug-likeness (QED) is 0.719. The van der Waals surface area contributed by atoms with E-state index in [1.54, 1.807) is 6.33 Å². The number of imidazole rings is 1. The highest BCUT2D eigenvalue weighted by Crippen LogP contribution is 2.28. The number of H-pyrrole nitrogens is 1. The Morgan fingerprint density at radius 1 is 1.23 bits per heavy atom. The molecule has 2 N–H and O–H groups in total. The van der Waals surface area contributed by atoms with Gasteiger partial charge in [-0.1, -0.05) is 29.3 Å². The number of piperidine rings is 1. The van der Waals surface area contributed by atoms with Crippen molar-refractivity contribution in [2.24, 2.45) is 0 Å². The predicted octanol–water partition coefficient (Wildman–Crippen LogP) is 3.40. The molecule has 1 aliphatic rings. The topological polar surface area (TPSA) is 73.6 Å². The average Bonchev–Trinajstić information content (AvgIpc) is 3.07. The summed E-state index contributed by atoms with van der Waals surface area (Å²) in [5.41, 5.74) is 2.40. The van der Waals surface area contributed by atoms with Crippen LogP contribution in [0.25, 0.3) is 11.2 Å². The van der Waals surface area contributed by atoms with Gasteiger partial charge in [0.2, 0.25) is 0 Å². The molecule has 0 radical (unpaired) electrons. The van der Waals surface area contributed by atoms with Crippen molar-refractivity contribution in [1.29, 1.82) is 5.41 Å². The highest BCUT2D eigenvalue weighted by molar-refractivity contribution is 6.36. The van der Waals surface area contributed by atoms with Crippen LogP contribution in [-0.2, 0) is 6.54 Å². The summed E-state index contributed by atoms with van der Waals surface area (Å²) in [6.07, 6.45) is 3.75. The fraction of sp³-hybridized carbons (Fsp3) is 0.389. The van der Waals surface area contributed by atoms with E-state index < -0.39 is 0 Å². The largest absolute Gasteiger partial charge is 0.337 e. The smallest absolute Gasteiger partial charge is 0.173 e. The lowest BCUT2D eigenvalue weighted by Crippen LogP contribution is -2.29. The maximum Gasteiger partial charge on any atom is 0.173 e. The third kappa shape index (κ3) is 3.24. The third-order valence-electron chi connectivity index (χ3n) is 5.03. The molecule has 136 valence electrons. The first-order chi connectivity index (χ1) is 12.5. The molecule has 3 heterocycles. The number of rotatable bonds is 3. The summed E-state index contributed by atoms with van der Waals surface area (Å²) >= 11 is 12.6. The van der Waals surface area contributed by atoms with Gasteiger partial charge in [0.25, 0.3) is 0 Å². The minimum atomic E-state index is 0.202. The van der Waals surface area contributed by atoms with Crippen LogP contribution in [0.3, 0.4) is 0 Å². The van der Waals surface area contributed by atoms with E-state index in [-0.39, 0.29) is 5.49 Å². The van der Waals surface area contributed by atoms with Crippen LogP contribution in [0.1, 0.15) is 30.1 Å². The Balaban J connectivity index is 1.74. The van der Waals surface area contributed by atoms with Crippen LogP contribution < -0.4 is 5.49 Å². The number of fused-ring (bicyclic) bond motifs is 1. The first-order valence-corrected chi connectivity index (χ1v) is 9.39. The molecule has 1 aliphatic heterocycles. The summed E-state index contributed by atoms with van der Waals surface area (Å²) in [6, 6.07) is 5.47. The molecular formula is C18H20Cl2N6. The van der Waals surface area contributed by atoms with Crippen LogP contribution >= 0.6 is 23.2 Å². The minimum absolute atomic E-state index is 0.202. The Morgan fingerprint density at radius 2 is 1.92 bits per heavy atom. The van der Waals surface area contributed by atoms with Crippen LogP contribution in [0.15, 0.2) is 24.5 Å². The van der Waals surface area contributed by atoms with Gasteiger partial charge in [0, 0.05) is 21.5 Å². The van der Waals surface area contributed by atoms with Gasteiger partial charge in [0.1, 0.15) is 11.3 Å². The van der Waals surface area contributed by atoms with Crippen molar-refractivity contribution >= 4 is 34.4 Å². The average molecular weight is 391 g/mol. The number of hydrogen-bond acceptors (Lipinski definition) is 4. The molecule has 3 aromatic rings. The molecule has 8 heteroatoms. The van der Waals surface area contributed by atoms with Gasteiger partial charge in [-0.25, -0.2) is 9.97 Å². The molecular weight excluding hydrogens is 371 g/mol. The summed E-state index contributed by atoms with van der Waals surface area (Å²) in [4.78, 5) is 14.7. The first-order valence-electron chi connectivity index (χ1n) is 8.64. The van der Waals surface area contributed by atoms with Crippen molar-refractivity contribution in [3.05, 3.63) is 51.4 Å². The van der Waals surface area contributed by atoms with Gasteiger partial charge in [-0.3, -0.25) is 5.41 Å². The van der Waals surface area contributed by atoms with Gasteiger partial charge in [-0.2, -0.15) is 0 Å². The molecule has 0 atom stereocenters. The second-order valence-corrected chi connectivity index (χ2v) is 7.63. The number of halogens is 2. The van der Waals surface area contributed by atoms with Gasteiger partial charge >= 0.3 is 0 Å². The molecule has 26 heavy (non-hydrogen) atoms. The van der Waals surface area contributed by atoms with Crippen LogP contribution in [0.4, 0.5) is 0 Å². The molecule has 4 rings (SSSR count). The number of aromatic amines is 1. The van der Waals surface area contributed by atoms with Crippen LogP contribution in [0.5, 0.6) is 0 Å². The Labute approximate surface area is 161 Å². The maximum atomic E-state index is 8.13. The van der Waals surface area contributed by atoms with Crippen LogP contribution in [-0.4, -0.2) is 44.6 Å². The van der Waals surface area contributed by atoms with Crippen molar-refractivity contribution in [3.8, 4) is 0 Å². The molecule has 1 fully saturated rings. The van der Waals surface area contributed by atoms with Crippen molar-refractivity contribution in [2.45, 2.75) is 25.3 Å². The van der Waals surface area contributed by atoms with Gasteiger partial charge in [0.15, 0.2) is 11.1 Å². The van der Waals surface area contributed by atoms with E-state index in [9.17, 15) is 0 Å². The highest BCUT2D eigenvalue weighted by atomic mass is 35.5. The lowest BCUT2D eigenvalue weighted by atomic mass is 9.97. The summed E-state index contributed by atoms with van der Waals surface area (Å²) in [5.74, 6) is 1.32. The Morgan fingerprint density at radius 3 is 2.62 bits per heavy atom. The minimum Gasteiger partial charge on any atom is -0.337 e. The number of nitrogens with one attached hydrogen (secondary N) is 2. The Kier molecular flexibility index (Phi) is 4.73. The monoisotopic (exact) mass is 390 g/mol. The van der Waals surface area contributed by atoms with E-state index in [4.69, 9.17) is 33.6 Å². The molecule has 0 spiro atoms. The summed E-state index contributed by atoms with van der Waals surface area (Å²) in [7, 11) is 2.14.